The minimum atomic E-state index is 0. The number of benzene rings is 4. The van der Waals surface area contributed by atoms with Gasteiger partial charge in [0.1, 0.15) is 0 Å². The second kappa shape index (κ2) is 30.2. The standard InChI is InChI=1S/2C26H36N2.C4H10O2.Sr/c2*1-17(2)21-11-9-12-22(18(3)4)25(21)27-15-16-28-26-23(19(5)6)13-10-14-24(26)20(7)8;1-5-3-4-6-2;/h2*9-20H,1-8H3;3-4H2,1-2H3;/q;;;+2/p+2. The van der Waals surface area contributed by atoms with Crippen molar-refractivity contribution in [1.82, 2.24) is 0 Å². The van der Waals surface area contributed by atoms with E-state index in [4.69, 9.17) is 9.98 Å². The van der Waals surface area contributed by atoms with E-state index in [0.29, 0.717) is 60.6 Å². The predicted molar refractivity (Wildman–Crippen MR) is 278 cm³/mol. The fourth-order valence-corrected chi connectivity index (χ4v) is 7.39. The zero-order chi connectivity index (χ0) is 46.5. The molecular formula is C56H84N4O2Sr+4. The van der Waals surface area contributed by atoms with Crippen molar-refractivity contribution < 1.29 is 19.5 Å². The Morgan fingerprint density at radius 1 is 0.381 bits per heavy atom. The smallest absolute Gasteiger partial charge is 0.382 e. The van der Waals surface area contributed by atoms with Gasteiger partial charge in [-0.05, 0) is 69.6 Å². The SMILES string of the molecule is CC(C)c1cccc(C(C)C)c1N=CC=Nc1c(C(C)C)cccc1C(C)C.CC(C)c1cccc(C(C)C)c1[NH+]=CC=[NH+]c1c(C(C)C)cccc1C(C)C.COCCOC.[Sr+2]. The van der Waals surface area contributed by atoms with Crippen LogP contribution in [0.1, 0.15) is 203 Å². The first-order chi connectivity index (χ1) is 29.4. The number of aliphatic imine (C=N–C) groups is 2. The van der Waals surface area contributed by atoms with E-state index in [0.717, 1.165) is 11.4 Å². The van der Waals surface area contributed by atoms with Crippen LogP contribution in [0, 0.1) is 0 Å². The number of ether oxygens (including phenoxy) is 2. The minimum absolute atomic E-state index is 0. The average Bonchev–Trinajstić information content (AvgIpc) is 3.22. The third-order valence-electron chi connectivity index (χ3n) is 10.9. The first-order valence-corrected chi connectivity index (χ1v) is 23.1. The van der Waals surface area contributed by atoms with Gasteiger partial charge in [0.25, 0.3) is 0 Å². The Morgan fingerprint density at radius 2 is 0.587 bits per heavy atom. The number of nitrogens with one attached hydrogen (secondary N) is 2. The zero-order valence-electron chi connectivity index (χ0n) is 42.7. The van der Waals surface area contributed by atoms with Crippen molar-refractivity contribution in [2.45, 2.75) is 158 Å². The molecule has 4 aromatic carbocycles. The molecule has 63 heavy (non-hydrogen) atoms. The van der Waals surface area contributed by atoms with Crippen molar-refractivity contribution in [1.29, 1.82) is 0 Å². The van der Waals surface area contributed by atoms with Crippen LogP contribution >= 0.6 is 0 Å². The summed E-state index contributed by atoms with van der Waals surface area (Å²) in [7, 11) is 3.30. The summed E-state index contributed by atoms with van der Waals surface area (Å²) in [6.45, 7) is 37.2. The van der Waals surface area contributed by atoms with Gasteiger partial charge < -0.3 is 9.47 Å². The summed E-state index contributed by atoms with van der Waals surface area (Å²) in [5, 5.41) is 0. The number of hydrogen-bond acceptors (Lipinski definition) is 4. The molecule has 0 spiro atoms. The van der Waals surface area contributed by atoms with Crippen LogP contribution in [-0.2, 0) is 9.47 Å². The predicted octanol–water partition coefficient (Wildman–Crippen LogP) is 12.6. The van der Waals surface area contributed by atoms with E-state index < -0.39 is 0 Å². The third kappa shape index (κ3) is 18.4. The molecule has 338 valence electrons. The molecule has 0 saturated carbocycles. The van der Waals surface area contributed by atoms with Gasteiger partial charge in [-0.25, -0.2) is 9.98 Å². The van der Waals surface area contributed by atoms with Crippen molar-refractivity contribution in [3.63, 3.8) is 0 Å². The molecule has 4 aromatic rings. The fourth-order valence-electron chi connectivity index (χ4n) is 7.39. The first-order valence-electron chi connectivity index (χ1n) is 23.1. The second-order valence-electron chi connectivity index (χ2n) is 18.6. The van der Waals surface area contributed by atoms with Crippen LogP contribution in [0.5, 0.6) is 0 Å². The summed E-state index contributed by atoms with van der Waals surface area (Å²) in [5.74, 6) is 3.70. The molecule has 0 bridgehead atoms. The van der Waals surface area contributed by atoms with E-state index in [-0.39, 0.29) is 45.5 Å². The summed E-state index contributed by atoms with van der Waals surface area (Å²) >= 11 is 0. The van der Waals surface area contributed by atoms with Crippen LogP contribution in [0.25, 0.3) is 0 Å². The Kier molecular flexibility index (Phi) is 27.8. The Balaban J connectivity index is 0.000000550. The molecule has 0 amide bonds. The Morgan fingerprint density at radius 3 is 0.778 bits per heavy atom. The zero-order valence-corrected chi connectivity index (χ0v) is 46.2. The summed E-state index contributed by atoms with van der Waals surface area (Å²) in [4.78, 5) is 16.8. The van der Waals surface area contributed by atoms with E-state index in [1.807, 2.05) is 24.9 Å². The molecule has 0 aliphatic carbocycles. The quantitative estimate of drug-likeness (QED) is 0.0629. The molecule has 0 unspecified atom stereocenters. The maximum atomic E-state index is 4.84. The molecule has 7 heteroatoms. The van der Waals surface area contributed by atoms with Crippen molar-refractivity contribution in [2.75, 3.05) is 27.4 Å². The number of hydrogen-bond donors (Lipinski definition) is 2. The first kappa shape index (κ1) is 58.0. The van der Waals surface area contributed by atoms with Gasteiger partial charge in [-0.3, -0.25) is 9.98 Å². The maximum absolute atomic E-state index is 4.84. The Hall–Kier alpha value is -3.04. The topological polar surface area (TPSA) is 71.1 Å². The molecule has 0 heterocycles. The monoisotopic (exact) mass is 933 g/mol. The van der Waals surface area contributed by atoms with Gasteiger partial charge >= 0.3 is 45.5 Å². The van der Waals surface area contributed by atoms with E-state index in [2.05, 4.69) is 203 Å². The van der Waals surface area contributed by atoms with Crippen molar-refractivity contribution >= 4 is 93.1 Å². The fraction of sp³-hybridized carbons (Fsp3) is 0.500. The molecule has 6 nitrogen and oxygen atoms in total. The van der Waals surface area contributed by atoms with Gasteiger partial charge in [0.05, 0.1) is 24.6 Å². The van der Waals surface area contributed by atoms with Crippen molar-refractivity contribution in [3.05, 3.63) is 117 Å². The minimum Gasteiger partial charge on any atom is -0.382 e. The van der Waals surface area contributed by atoms with Crippen LogP contribution in [-0.4, -0.2) is 97.8 Å². The number of para-hydroxylation sites is 4. The largest absolute Gasteiger partial charge is 2.00 e. The summed E-state index contributed by atoms with van der Waals surface area (Å²) in [6, 6.07) is 26.3. The van der Waals surface area contributed by atoms with Crippen LogP contribution in [0.15, 0.2) is 82.8 Å². The second-order valence-corrected chi connectivity index (χ2v) is 18.6. The molecule has 2 N–H and O–H groups in total. The van der Waals surface area contributed by atoms with Crippen molar-refractivity contribution in [3.8, 4) is 0 Å². The summed E-state index contributed by atoms with van der Waals surface area (Å²) < 4.78 is 9.31. The Bertz CT molecular complexity index is 1660. The number of methoxy groups -OCH3 is 2. The molecule has 0 aromatic heterocycles. The average molecular weight is 933 g/mol. The van der Waals surface area contributed by atoms with Crippen LogP contribution in [0.2, 0.25) is 0 Å². The van der Waals surface area contributed by atoms with Gasteiger partial charge in [0.15, 0.2) is 0 Å². The van der Waals surface area contributed by atoms with Crippen LogP contribution in [0.3, 0.4) is 0 Å². The number of rotatable bonds is 17. The molecule has 4 rings (SSSR count). The van der Waals surface area contributed by atoms with Crippen LogP contribution < -0.4 is 9.98 Å². The molecule has 0 radical (unpaired) electrons. The molecule has 0 aliphatic rings. The van der Waals surface area contributed by atoms with Gasteiger partial charge in [-0.1, -0.05) is 184 Å². The molecule has 0 aliphatic heterocycles. The molecular weight excluding hydrogens is 848 g/mol. The molecule has 0 atom stereocenters. The van der Waals surface area contributed by atoms with E-state index >= 15 is 0 Å². The molecule has 0 fully saturated rings. The Labute approximate surface area is 421 Å². The van der Waals surface area contributed by atoms with Gasteiger partial charge in [-0.2, -0.15) is 0 Å². The third-order valence-corrected chi connectivity index (χ3v) is 10.9. The maximum Gasteiger partial charge on any atom is 2.00 e. The summed E-state index contributed by atoms with van der Waals surface area (Å²) in [6.07, 6.45) is 7.78. The van der Waals surface area contributed by atoms with E-state index in [9.17, 15) is 0 Å². The van der Waals surface area contributed by atoms with Gasteiger partial charge in [-0.15, -0.1) is 0 Å². The van der Waals surface area contributed by atoms with Crippen molar-refractivity contribution in [2.24, 2.45) is 9.98 Å². The number of nitrogens with zero attached hydrogens (tertiary/aromatic N) is 2. The normalized spacial score (nSPS) is 12.0. The van der Waals surface area contributed by atoms with E-state index in [1.54, 1.807) is 14.2 Å². The van der Waals surface area contributed by atoms with Gasteiger partial charge in [0.2, 0.25) is 23.8 Å². The summed E-state index contributed by atoms with van der Waals surface area (Å²) in [5.41, 5.74) is 15.3. The van der Waals surface area contributed by atoms with Crippen LogP contribution in [0.4, 0.5) is 22.7 Å². The van der Waals surface area contributed by atoms with Gasteiger partial charge in [0, 0.05) is 48.9 Å². The van der Waals surface area contributed by atoms with E-state index in [1.165, 1.54) is 55.9 Å². The molecule has 0 saturated heterocycles.